The molecule has 1 saturated heterocycles. The lowest BCUT2D eigenvalue weighted by molar-refractivity contribution is 0.0302. The van der Waals surface area contributed by atoms with Gasteiger partial charge < -0.3 is 15.0 Å². The van der Waals surface area contributed by atoms with E-state index < -0.39 is 0 Å². The monoisotopic (exact) mass is 309 g/mol. The summed E-state index contributed by atoms with van der Waals surface area (Å²) in [6.45, 7) is 2.26. The Morgan fingerprint density at radius 2 is 1.91 bits per heavy atom. The number of morpholine rings is 1. The third-order valence-corrected chi connectivity index (χ3v) is 3.49. The first-order valence-electron chi connectivity index (χ1n) is 7.23. The molecule has 7 heteroatoms. The van der Waals surface area contributed by atoms with Gasteiger partial charge in [-0.15, -0.1) is 0 Å². The maximum atomic E-state index is 12.3. The predicted molar refractivity (Wildman–Crippen MR) is 83.2 cm³/mol. The summed E-state index contributed by atoms with van der Waals surface area (Å²) >= 11 is 0. The number of carbonyl (C=O) groups excluding carboxylic acids is 1. The van der Waals surface area contributed by atoms with Crippen molar-refractivity contribution in [1.29, 1.82) is 5.26 Å². The molecule has 1 N–H and O–H groups in total. The Bertz CT molecular complexity index is 733. The Labute approximate surface area is 133 Å². The summed E-state index contributed by atoms with van der Waals surface area (Å²) in [6.07, 6.45) is 2.98. The number of amides is 1. The van der Waals surface area contributed by atoms with Crippen LogP contribution in [0.15, 0.2) is 36.7 Å². The normalized spacial score (nSPS) is 14.1. The molecule has 1 aliphatic rings. The van der Waals surface area contributed by atoms with Crippen LogP contribution < -0.4 is 5.32 Å². The number of nitrogens with one attached hydrogen (secondary N) is 1. The number of anilines is 2. The highest BCUT2D eigenvalue weighted by Crippen LogP contribution is 2.17. The predicted octanol–water partition coefficient (Wildman–Crippen LogP) is 1.56. The molecule has 1 aromatic heterocycles. The molecule has 0 atom stereocenters. The molecule has 3 rings (SSSR count). The maximum Gasteiger partial charge on any atom is 0.257 e. The van der Waals surface area contributed by atoms with Gasteiger partial charge in [-0.05, 0) is 12.1 Å². The summed E-state index contributed by atoms with van der Waals surface area (Å²) in [6, 6.07) is 9.18. The minimum absolute atomic E-state index is 0.0997. The minimum atomic E-state index is -0.0997. The summed E-state index contributed by atoms with van der Waals surface area (Å²) in [5, 5.41) is 12.0. The van der Waals surface area contributed by atoms with Gasteiger partial charge in [0.1, 0.15) is 6.07 Å². The fraction of sp³-hybridized carbons (Fsp3) is 0.250. The molecule has 2 aromatic rings. The zero-order valence-electron chi connectivity index (χ0n) is 12.4. The average Bonchev–Trinajstić information content (AvgIpc) is 2.63. The fourth-order valence-corrected chi connectivity index (χ4v) is 2.26. The molecule has 0 spiro atoms. The third kappa shape index (κ3) is 3.44. The maximum absolute atomic E-state index is 12.3. The largest absolute Gasteiger partial charge is 0.378 e. The van der Waals surface area contributed by atoms with Crippen LogP contribution in [0, 0.1) is 11.3 Å². The molecule has 0 radical (unpaired) electrons. The molecule has 1 fully saturated rings. The van der Waals surface area contributed by atoms with Gasteiger partial charge in [0.25, 0.3) is 5.91 Å². The second kappa shape index (κ2) is 6.85. The third-order valence-electron chi connectivity index (χ3n) is 3.49. The fourth-order valence-electron chi connectivity index (χ4n) is 2.26. The average molecular weight is 309 g/mol. The van der Waals surface area contributed by atoms with Crippen molar-refractivity contribution in [2.45, 2.75) is 0 Å². The molecule has 0 bridgehead atoms. The van der Waals surface area contributed by atoms with Gasteiger partial charge in [0, 0.05) is 25.5 Å². The van der Waals surface area contributed by atoms with Crippen LogP contribution in [0.4, 0.5) is 11.6 Å². The van der Waals surface area contributed by atoms with Crippen LogP contribution in [-0.4, -0.2) is 47.1 Å². The number of nitrogens with zero attached hydrogens (tertiary/aromatic N) is 4. The number of carbonyl (C=O) groups is 1. The number of nitriles is 1. The zero-order chi connectivity index (χ0) is 16.1. The van der Waals surface area contributed by atoms with Gasteiger partial charge in [-0.25, -0.2) is 9.97 Å². The van der Waals surface area contributed by atoms with E-state index in [1.54, 1.807) is 23.1 Å². The molecule has 0 unspecified atom stereocenters. The molecule has 1 amide bonds. The molecule has 2 heterocycles. The Morgan fingerprint density at radius 1 is 1.22 bits per heavy atom. The van der Waals surface area contributed by atoms with E-state index >= 15 is 0 Å². The number of hydrogen-bond acceptors (Lipinski definition) is 6. The van der Waals surface area contributed by atoms with Crippen LogP contribution in [0.1, 0.15) is 15.9 Å². The van der Waals surface area contributed by atoms with Gasteiger partial charge in [-0.2, -0.15) is 5.26 Å². The van der Waals surface area contributed by atoms with Crippen LogP contribution in [0.5, 0.6) is 0 Å². The number of benzene rings is 1. The number of para-hydroxylation sites is 1. The Balaban J connectivity index is 1.72. The van der Waals surface area contributed by atoms with E-state index in [1.807, 2.05) is 6.07 Å². The molecule has 23 heavy (non-hydrogen) atoms. The van der Waals surface area contributed by atoms with Gasteiger partial charge in [0.2, 0.25) is 5.95 Å². The van der Waals surface area contributed by atoms with Crippen LogP contribution in [0.25, 0.3) is 0 Å². The highest BCUT2D eigenvalue weighted by atomic mass is 16.5. The first-order chi connectivity index (χ1) is 11.3. The van der Waals surface area contributed by atoms with E-state index in [9.17, 15) is 4.79 Å². The van der Waals surface area contributed by atoms with Gasteiger partial charge in [-0.3, -0.25) is 4.79 Å². The summed E-state index contributed by atoms with van der Waals surface area (Å²) < 4.78 is 5.23. The van der Waals surface area contributed by atoms with Crippen molar-refractivity contribution >= 4 is 17.5 Å². The van der Waals surface area contributed by atoms with Crippen LogP contribution in [0.3, 0.4) is 0 Å². The van der Waals surface area contributed by atoms with E-state index in [2.05, 4.69) is 21.4 Å². The quantitative estimate of drug-likeness (QED) is 0.925. The van der Waals surface area contributed by atoms with E-state index in [0.717, 1.165) is 0 Å². The molecule has 7 nitrogen and oxygen atoms in total. The van der Waals surface area contributed by atoms with Crippen LogP contribution >= 0.6 is 0 Å². The topological polar surface area (TPSA) is 91.1 Å². The number of aromatic nitrogens is 2. The van der Waals surface area contributed by atoms with Gasteiger partial charge >= 0.3 is 0 Å². The van der Waals surface area contributed by atoms with Gasteiger partial charge in [0.15, 0.2) is 0 Å². The van der Waals surface area contributed by atoms with E-state index in [0.29, 0.717) is 49.1 Å². The molecular formula is C16H15N5O2. The van der Waals surface area contributed by atoms with Crippen molar-refractivity contribution < 1.29 is 9.53 Å². The van der Waals surface area contributed by atoms with Gasteiger partial charge in [-0.1, -0.05) is 12.1 Å². The molecule has 1 aromatic carbocycles. The molecule has 1 aliphatic heterocycles. The van der Waals surface area contributed by atoms with Crippen molar-refractivity contribution in [3.8, 4) is 6.07 Å². The zero-order valence-corrected chi connectivity index (χ0v) is 12.4. The molecule has 0 aliphatic carbocycles. The van der Waals surface area contributed by atoms with E-state index in [-0.39, 0.29) is 5.91 Å². The molecule has 0 saturated carbocycles. The standard InChI is InChI=1S/C16H15N5O2/c17-9-12-3-1-2-4-14(12)20-16-18-10-13(11-19-16)15(22)21-5-7-23-8-6-21/h1-4,10-11H,5-8H2,(H,18,19,20). The number of rotatable bonds is 3. The van der Waals surface area contributed by atoms with E-state index in [4.69, 9.17) is 10.00 Å². The van der Waals surface area contributed by atoms with Crippen molar-refractivity contribution in [3.63, 3.8) is 0 Å². The van der Waals surface area contributed by atoms with Crippen molar-refractivity contribution in [2.75, 3.05) is 31.6 Å². The first-order valence-corrected chi connectivity index (χ1v) is 7.23. The lowest BCUT2D eigenvalue weighted by Crippen LogP contribution is -2.40. The summed E-state index contributed by atoms with van der Waals surface area (Å²) in [4.78, 5) is 22.3. The highest BCUT2D eigenvalue weighted by molar-refractivity contribution is 5.93. The first kappa shape index (κ1) is 14.9. The Hall–Kier alpha value is -2.98. The molecule has 116 valence electrons. The minimum Gasteiger partial charge on any atom is -0.378 e. The Kier molecular flexibility index (Phi) is 4.45. The van der Waals surface area contributed by atoms with Gasteiger partial charge in [0.05, 0.1) is 30.0 Å². The van der Waals surface area contributed by atoms with Crippen molar-refractivity contribution in [3.05, 3.63) is 47.8 Å². The van der Waals surface area contributed by atoms with Crippen molar-refractivity contribution in [1.82, 2.24) is 14.9 Å². The highest BCUT2D eigenvalue weighted by Gasteiger charge is 2.19. The lowest BCUT2D eigenvalue weighted by Gasteiger charge is -2.26. The molecular weight excluding hydrogens is 294 g/mol. The second-order valence-corrected chi connectivity index (χ2v) is 4.98. The summed E-state index contributed by atoms with van der Waals surface area (Å²) in [5.41, 5.74) is 1.57. The lowest BCUT2D eigenvalue weighted by atomic mass is 10.2. The van der Waals surface area contributed by atoms with Crippen LogP contribution in [-0.2, 0) is 4.74 Å². The van der Waals surface area contributed by atoms with E-state index in [1.165, 1.54) is 12.4 Å². The summed E-state index contributed by atoms with van der Waals surface area (Å²) in [7, 11) is 0. The van der Waals surface area contributed by atoms with Crippen molar-refractivity contribution in [2.24, 2.45) is 0 Å². The number of ether oxygens (including phenoxy) is 1. The summed E-state index contributed by atoms with van der Waals surface area (Å²) in [5.74, 6) is 0.239. The Morgan fingerprint density at radius 3 is 2.61 bits per heavy atom. The number of hydrogen-bond donors (Lipinski definition) is 1. The van der Waals surface area contributed by atoms with Crippen LogP contribution in [0.2, 0.25) is 0 Å². The second-order valence-electron chi connectivity index (χ2n) is 4.98. The SMILES string of the molecule is N#Cc1ccccc1Nc1ncc(C(=O)N2CCOCC2)cn1. The smallest absolute Gasteiger partial charge is 0.257 e.